The summed E-state index contributed by atoms with van der Waals surface area (Å²) < 4.78 is 4.45. The molecule has 0 heterocycles. The summed E-state index contributed by atoms with van der Waals surface area (Å²) in [6, 6.07) is 0. The monoisotopic (exact) mass is 118 g/mol. The first-order valence-corrected chi connectivity index (χ1v) is 2.57. The molecule has 0 aliphatic heterocycles. The van der Waals surface area contributed by atoms with Crippen molar-refractivity contribution < 1.29 is 14.6 Å². The maximum Gasteiger partial charge on any atom is 0.331 e. The maximum atomic E-state index is 10.1. The summed E-state index contributed by atoms with van der Waals surface area (Å²) in [5.41, 5.74) is 0. The van der Waals surface area contributed by atoms with Crippen molar-refractivity contribution in [2.45, 2.75) is 13.3 Å². The summed E-state index contributed by atoms with van der Waals surface area (Å²) in [6.07, 6.45) is 0.797. The van der Waals surface area contributed by atoms with Crippen molar-refractivity contribution in [3.8, 4) is 0 Å². The van der Waals surface area contributed by atoms with Gasteiger partial charge in [0, 0.05) is 0 Å². The number of rotatable bonds is 3. The number of aliphatic hydroxyl groups is 1. The minimum Gasteiger partial charge on any atom is -0.464 e. The minimum atomic E-state index is -0.549. The third kappa shape index (κ3) is 3.61. The van der Waals surface area contributed by atoms with E-state index < -0.39 is 12.6 Å². The van der Waals surface area contributed by atoms with Gasteiger partial charge in [0.05, 0.1) is 6.61 Å². The normalized spacial score (nSPS) is 8.75. The smallest absolute Gasteiger partial charge is 0.331 e. The van der Waals surface area contributed by atoms with Crippen molar-refractivity contribution in [2.24, 2.45) is 0 Å². The third-order valence-electron chi connectivity index (χ3n) is 0.596. The standard InChI is InChI=1S/C5H10O3/c1-2-3-8-5(7)4-6/h6H,2-4H2,1H3. The van der Waals surface area contributed by atoms with Crippen molar-refractivity contribution in [1.82, 2.24) is 0 Å². The third-order valence-corrected chi connectivity index (χ3v) is 0.596. The summed E-state index contributed by atoms with van der Waals surface area (Å²) >= 11 is 0. The average molecular weight is 118 g/mol. The van der Waals surface area contributed by atoms with Crippen LogP contribution in [0, 0.1) is 0 Å². The summed E-state index contributed by atoms with van der Waals surface area (Å²) in [4.78, 5) is 10.1. The first-order chi connectivity index (χ1) is 3.81. The molecule has 0 aliphatic rings. The van der Waals surface area contributed by atoms with E-state index in [4.69, 9.17) is 5.11 Å². The highest BCUT2D eigenvalue weighted by Gasteiger charge is 1.94. The van der Waals surface area contributed by atoms with Crippen LogP contribution in [0.1, 0.15) is 13.3 Å². The van der Waals surface area contributed by atoms with Gasteiger partial charge in [0.25, 0.3) is 0 Å². The van der Waals surface area contributed by atoms with Gasteiger partial charge in [0.15, 0.2) is 0 Å². The molecular formula is C5H10O3. The van der Waals surface area contributed by atoms with Gasteiger partial charge in [0.1, 0.15) is 6.61 Å². The Morgan fingerprint density at radius 2 is 2.38 bits per heavy atom. The van der Waals surface area contributed by atoms with Crippen molar-refractivity contribution >= 4 is 5.97 Å². The molecule has 0 aromatic carbocycles. The first-order valence-electron chi connectivity index (χ1n) is 2.57. The molecule has 48 valence electrons. The van der Waals surface area contributed by atoms with E-state index >= 15 is 0 Å². The maximum absolute atomic E-state index is 10.1. The lowest BCUT2D eigenvalue weighted by Crippen LogP contribution is -2.08. The van der Waals surface area contributed by atoms with Gasteiger partial charge in [-0.25, -0.2) is 4.79 Å². The Bertz CT molecular complexity index is 70.1. The van der Waals surface area contributed by atoms with E-state index in [1.807, 2.05) is 6.92 Å². The Kier molecular flexibility index (Phi) is 4.26. The predicted octanol–water partition coefficient (Wildman–Crippen LogP) is -0.0681. The van der Waals surface area contributed by atoms with E-state index in [0.29, 0.717) is 6.61 Å². The SMILES string of the molecule is CCCOC(=O)CO. The highest BCUT2D eigenvalue weighted by Crippen LogP contribution is 1.79. The van der Waals surface area contributed by atoms with E-state index in [9.17, 15) is 4.79 Å². The van der Waals surface area contributed by atoms with Crippen molar-refractivity contribution in [3.05, 3.63) is 0 Å². The number of carbonyl (C=O) groups is 1. The van der Waals surface area contributed by atoms with E-state index in [1.165, 1.54) is 0 Å². The zero-order chi connectivity index (χ0) is 6.41. The van der Waals surface area contributed by atoms with Gasteiger partial charge in [-0.15, -0.1) is 0 Å². The van der Waals surface area contributed by atoms with Gasteiger partial charge in [-0.05, 0) is 6.42 Å². The molecule has 3 heteroatoms. The van der Waals surface area contributed by atoms with Crippen LogP contribution in [0.4, 0.5) is 0 Å². The molecule has 3 nitrogen and oxygen atoms in total. The van der Waals surface area contributed by atoms with Crippen LogP contribution in [0.15, 0.2) is 0 Å². The van der Waals surface area contributed by atoms with Crippen LogP contribution in [0.25, 0.3) is 0 Å². The molecular weight excluding hydrogens is 108 g/mol. The van der Waals surface area contributed by atoms with Gasteiger partial charge < -0.3 is 9.84 Å². The highest BCUT2D eigenvalue weighted by molar-refractivity contribution is 5.70. The fourth-order valence-corrected chi connectivity index (χ4v) is 0.262. The number of hydrogen-bond acceptors (Lipinski definition) is 3. The van der Waals surface area contributed by atoms with E-state index in [0.717, 1.165) is 6.42 Å². The second-order valence-electron chi connectivity index (χ2n) is 1.38. The van der Waals surface area contributed by atoms with E-state index in [-0.39, 0.29) is 0 Å². The lowest BCUT2D eigenvalue weighted by molar-refractivity contribution is -0.146. The lowest BCUT2D eigenvalue weighted by atomic mass is 10.5. The summed E-state index contributed by atoms with van der Waals surface area (Å²) in [6.45, 7) is 1.78. The van der Waals surface area contributed by atoms with Gasteiger partial charge >= 0.3 is 5.97 Å². The molecule has 0 unspecified atom stereocenters. The highest BCUT2D eigenvalue weighted by atomic mass is 16.5. The Labute approximate surface area is 48.3 Å². The zero-order valence-corrected chi connectivity index (χ0v) is 4.89. The predicted molar refractivity (Wildman–Crippen MR) is 28.3 cm³/mol. The average Bonchev–Trinajstić information content (AvgIpc) is 1.83. The van der Waals surface area contributed by atoms with Crippen LogP contribution in [0.2, 0.25) is 0 Å². The van der Waals surface area contributed by atoms with Crippen molar-refractivity contribution in [1.29, 1.82) is 0 Å². The van der Waals surface area contributed by atoms with Crippen LogP contribution in [-0.4, -0.2) is 24.3 Å². The van der Waals surface area contributed by atoms with Gasteiger partial charge in [-0.3, -0.25) is 0 Å². The Balaban J connectivity index is 2.99. The first kappa shape index (κ1) is 7.43. The molecule has 0 rings (SSSR count). The van der Waals surface area contributed by atoms with Crippen LogP contribution in [0.3, 0.4) is 0 Å². The largest absolute Gasteiger partial charge is 0.464 e. The Morgan fingerprint density at radius 3 is 2.75 bits per heavy atom. The topological polar surface area (TPSA) is 46.5 Å². The van der Waals surface area contributed by atoms with Crippen LogP contribution in [0.5, 0.6) is 0 Å². The molecule has 0 radical (unpaired) electrons. The number of ether oxygens (including phenoxy) is 1. The zero-order valence-electron chi connectivity index (χ0n) is 4.89. The summed E-state index contributed by atoms with van der Waals surface area (Å²) in [5.74, 6) is -0.549. The molecule has 0 aromatic rings. The van der Waals surface area contributed by atoms with Gasteiger partial charge in [0.2, 0.25) is 0 Å². The second-order valence-corrected chi connectivity index (χ2v) is 1.38. The Morgan fingerprint density at radius 1 is 1.75 bits per heavy atom. The lowest BCUT2D eigenvalue weighted by Gasteiger charge is -1.96. The van der Waals surface area contributed by atoms with E-state index in [1.54, 1.807) is 0 Å². The van der Waals surface area contributed by atoms with Crippen molar-refractivity contribution in [3.63, 3.8) is 0 Å². The molecule has 0 atom stereocenters. The molecule has 0 saturated heterocycles. The molecule has 0 amide bonds. The quantitative estimate of drug-likeness (QED) is 0.528. The molecule has 8 heavy (non-hydrogen) atoms. The molecule has 0 saturated carbocycles. The van der Waals surface area contributed by atoms with Crippen LogP contribution >= 0.6 is 0 Å². The molecule has 0 fully saturated rings. The molecule has 0 aromatic heterocycles. The molecule has 0 bridgehead atoms. The van der Waals surface area contributed by atoms with Crippen LogP contribution in [-0.2, 0) is 9.53 Å². The van der Waals surface area contributed by atoms with Gasteiger partial charge in [-0.2, -0.15) is 0 Å². The molecule has 0 aliphatic carbocycles. The number of aliphatic hydroxyl groups excluding tert-OH is 1. The summed E-state index contributed by atoms with van der Waals surface area (Å²) in [5, 5.41) is 8.09. The van der Waals surface area contributed by atoms with Crippen molar-refractivity contribution in [2.75, 3.05) is 13.2 Å². The summed E-state index contributed by atoms with van der Waals surface area (Å²) in [7, 11) is 0. The fourth-order valence-electron chi connectivity index (χ4n) is 0.262. The Hall–Kier alpha value is -0.570. The number of esters is 1. The number of hydrogen-bond donors (Lipinski definition) is 1. The molecule has 0 spiro atoms. The van der Waals surface area contributed by atoms with E-state index in [2.05, 4.69) is 4.74 Å². The fraction of sp³-hybridized carbons (Fsp3) is 0.800. The van der Waals surface area contributed by atoms with Crippen LogP contribution < -0.4 is 0 Å². The van der Waals surface area contributed by atoms with Gasteiger partial charge in [-0.1, -0.05) is 6.92 Å². The number of carbonyl (C=O) groups excluding carboxylic acids is 1. The minimum absolute atomic E-state index is 0.402. The molecule has 1 N–H and O–H groups in total. The second kappa shape index (κ2) is 4.59.